The second-order valence-electron chi connectivity index (χ2n) is 3.63. The van der Waals surface area contributed by atoms with Crippen LogP contribution < -0.4 is 5.73 Å². The van der Waals surface area contributed by atoms with Crippen LogP contribution in [-0.2, 0) is 16.1 Å². The van der Waals surface area contributed by atoms with Gasteiger partial charge in [0.25, 0.3) is 0 Å². The van der Waals surface area contributed by atoms with Gasteiger partial charge in [0.15, 0.2) is 0 Å². The third-order valence-electron chi connectivity index (χ3n) is 2.15. The average molecular weight is 244 g/mol. The Morgan fingerprint density at radius 1 is 1.44 bits per heavy atom. The smallest absolute Gasteiger partial charge is 0.0785 e. The van der Waals surface area contributed by atoms with E-state index < -0.39 is 0 Å². The summed E-state index contributed by atoms with van der Waals surface area (Å²) in [7, 11) is 0. The predicted molar refractivity (Wildman–Crippen MR) is 66.6 cm³/mol. The normalized spacial score (nSPS) is 12.7. The molecule has 4 heteroatoms. The molecule has 0 fully saturated rings. The molecule has 0 aliphatic rings. The number of anilines is 1. The van der Waals surface area contributed by atoms with Crippen molar-refractivity contribution in [2.45, 2.75) is 26.6 Å². The van der Waals surface area contributed by atoms with E-state index in [0.29, 0.717) is 30.5 Å². The molecule has 0 aromatic heterocycles. The highest BCUT2D eigenvalue weighted by molar-refractivity contribution is 6.31. The lowest BCUT2D eigenvalue weighted by molar-refractivity contribution is -0.0116. The van der Waals surface area contributed by atoms with Gasteiger partial charge in [-0.15, -0.1) is 0 Å². The minimum atomic E-state index is 0.0532. The second kappa shape index (κ2) is 6.74. The Kier molecular flexibility index (Phi) is 5.60. The van der Waals surface area contributed by atoms with Crippen LogP contribution in [0.3, 0.4) is 0 Å². The Balaban J connectivity index is 2.44. The Bertz CT molecular complexity index is 331. The quantitative estimate of drug-likeness (QED) is 0.782. The van der Waals surface area contributed by atoms with Crippen LogP contribution in [0.1, 0.15) is 19.4 Å². The molecule has 2 N–H and O–H groups in total. The number of hydrogen-bond acceptors (Lipinski definition) is 3. The molecule has 1 aromatic rings. The zero-order valence-corrected chi connectivity index (χ0v) is 10.5. The molecule has 0 aliphatic carbocycles. The van der Waals surface area contributed by atoms with Crippen molar-refractivity contribution >= 4 is 17.3 Å². The average Bonchev–Trinajstić information content (AvgIpc) is 2.27. The third-order valence-corrected chi connectivity index (χ3v) is 2.52. The van der Waals surface area contributed by atoms with Crippen LogP contribution in [-0.4, -0.2) is 19.3 Å². The zero-order chi connectivity index (χ0) is 12.0. The zero-order valence-electron chi connectivity index (χ0n) is 9.70. The Morgan fingerprint density at radius 2 is 2.19 bits per heavy atom. The summed E-state index contributed by atoms with van der Waals surface area (Å²) in [6, 6.07) is 5.38. The number of ether oxygens (including phenoxy) is 2. The van der Waals surface area contributed by atoms with E-state index in [2.05, 4.69) is 0 Å². The molecule has 0 aliphatic heterocycles. The molecule has 0 saturated carbocycles. The molecule has 1 atom stereocenters. The van der Waals surface area contributed by atoms with Crippen molar-refractivity contribution in [2.75, 3.05) is 18.9 Å². The predicted octanol–water partition coefficient (Wildman–Crippen LogP) is 2.86. The van der Waals surface area contributed by atoms with Crippen molar-refractivity contribution < 1.29 is 9.47 Å². The van der Waals surface area contributed by atoms with Gasteiger partial charge < -0.3 is 15.2 Å². The van der Waals surface area contributed by atoms with E-state index in [9.17, 15) is 0 Å². The fraction of sp³-hybridized carbons (Fsp3) is 0.500. The molecule has 1 rings (SSSR count). The van der Waals surface area contributed by atoms with Crippen molar-refractivity contribution in [3.8, 4) is 0 Å². The monoisotopic (exact) mass is 243 g/mol. The van der Waals surface area contributed by atoms with Gasteiger partial charge in [0.2, 0.25) is 0 Å². The molecule has 3 nitrogen and oxygen atoms in total. The molecule has 0 amide bonds. The van der Waals surface area contributed by atoms with Gasteiger partial charge in [0.05, 0.1) is 19.3 Å². The fourth-order valence-electron chi connectivity index (χ4n) is 1.27. The summed E-state index contributed by atoms with van der Waals surface area (Å²) in [6.45, 7) is 5.68. The number of hydrogen-bond donors (Lipinski definition) is 1. The van der Waals surface area contributed by atoms with Gasteiger partial charge in [-0.2, -0.15) is 0 Å². The lowest BCUT2D eigenvalue weighted by Crippen LogP contribution is -2.15. The number of halogens is 1. The minimum absolute atomic E-state index is 0.0532. The van der Waals surface area contributed by atoms with Crippen molar-refractivity contribution in [2.24, 2.45) is 0 Å². The van der Waals surface area contributed by atoms with Gasteiger partial charge in [-0.3, -0.25) is 0 Å². The maximum absolute atomic E-state index is 6.02. The van der Waals surface area contributed by atoms with E-state index >= 15 is 0 Å². The lowest BCUT2D eigenvalue weighted by atomic mass is 10.2. The highest BCUT2D eigenvalue weighted by atomic mass is 35.5. The first kappa shape index (κ1) is 13.3. The highest BCUT2D eigenvalue weighted by Gasteiger charge is 2.05. The van der Waals surface area contributed by atoms with Crippen molar-refractivity contribution in [1.82, 2.24) is 0 Å². The van der Waals surface area contributed by atoms with Gasteiger partial charge >= 0.3 is 0 Å². The Hall–Kier alpha value is -0.770. The topological polar surface area (TPSA) is 44.5 Å². The number of nitrogen functional groups attached to an aromatic ring is 1. The molecular formula is C12H18ClNO2. The molecule has 90 valence electrons. The van der Waals surface area contributed by atoms with Gasteiger partial charge in [0.1, 0.15) is 0 Å². The molecule has 0 spiro atoms. The summed E-state index contributed by atoms with van der Waals surface area (Å²) in [6.07, 6.45) is 0.0532. The first-order valence-corrected chi connectivity index (χ1v) is 5.74. The molecule has 0 heterocycles. The maximum Gasteiger partial charge on any atom is 0.0785 e. The van der Waals surface area contributed by atoms with Gasteiger partial charge in [-0.1, -0.05) is 11.6 Å². The summed E-state index contributed by atoms with van der Waals surface area (Å²) in [4.78, 5) is 0. The van der Waals surface area contributed by atoms with Crippen molar-refractivity contribution in [3.05, 3.63) is 28.8 Å². The standard InChI is InChI=1S/C12H18ClNO2/c1-3-15-7-9(2)16-8-10-6-11(14)4-5-12(10)13/h4-6,9H,3,7-8,14H2,1-2H3. The van der Waals surface area contributed by atoms with Crippen LogP contribution in [0.4, 0.5) is 5.69 Å². The SMILES string of the molecule is CCOCC(C)OCc1cc(N)ccc1Cl. The second-order valence-corrected chi connectivity index (χ2v) is 4.04. The van der Waals surface area contributed by atoms with Crippen LogP contribution in [0, 0.1) is 0 Å². The summed E-state index contributed by atoms with van der Waals surface area (Å²) >= 11 is 6.02. The first-order valence-electron chi connectivity index (χ1n) is 5.36. The molecule has 0 saturated heterocycles. The van der Waals surface area contributed by atoms with E-state index in [0.717, 1.165) is 5.56 Å². The van der Waals surface area contributed by atoms with E-state index in [-0.39, 0.29) is 6.10 Å². The van der Waals surface area contributed by atoms with Crippen molar-refractivity contribution in [1.29, 1.82) is 0 Å². The van der Waals surface area contributed by atoms with Gasteiger partial charge in [-0.25, -0.2) is 0 Å². The largest absolute Gasteiger partial charge is 0.399 e. The summed E-state index contributed by atoms with van der Waals surface area (Å²) in [5.74, 6) is 0. The van der Waals surface area contributed by atoms with Crippen molar-refractivity contribution in [3.63, 3.8) is 0 Å². The first-order chi connectivity index (χ1) is 7.63. The number of rotatable bonds is 6. The molecule has 16 heavy (non-hydrogen) atoms. The Labute approximate surface area is 101 Å². The summed E-state index contributed by atoms with van der Waals surface area (Å²) in [5, 5.41) is 0.679. The molecule has 1 unspecified atom stereocenters. The molecule has 0 radical (unpaired) electrons. The van der Waals surface area contributed by atoms with Gasteiger partial charge in [0, 0.05) is 17.3 Å². The highest BCUT2D eigenvalue weighted by Crippen LogP contribution is 2.20. The summed E-state index contributed by atoms with van der Waals surface area (Å²) in [5.41, 5.74) is 7.28. The molecule has 1 aromatic carbocycles. The number of benzene rings is 1. The van der Waals surface area contributed by atoms with Crippen LogP contribution in [0.2, 0.25) is 5.02 Å². The molecular weight excluding hydrogens is 226 g/mol. The van der Waals surface area contributed by atoms with E-state index in [1.54, 1.807) is 12.1 Å². The molecule has 0 bridgehead atoms. The fourth-order valence-corrected chi connectivity index (χ4v) is 1.44. The lowest BCUT2D eigenvalue weighted by Gasteiger charge is -2.13. The van der Waals surface area contributed by atoms with E-state index in [1.165, 1.54) is 0 Å². The van der Waals surface area contributed by atoms with Gasteiger partial charge in [-0.05, 0) is 37.6 Å². The maximum atomic E-state index is 6.02. The summed E-state index contributed by atoms with van der Waals surface area (Å²) < 4.78 is 10.9. The van der Waals surface area contributed by atoms with E-state index in [1.807, 2.05) is 19.9 Å². The van der Waals surface area contributed by atoms with Crippen LogP contribution in [0.25, 0.3) is 0 Å². The minimum Gasteiger partial charge on any atom is -0.399 e. The van der Waals surface area contributed by atoms with Crippen LogP contribution in [0.5, 0.6) is 0 Å². The van der Waals surface area contributed by atoms with E-state index in [4.69, 9.17) is 26.8 Å². The van der Waals surface area contributed by atoms with Crippen LogP contribution >= 0.6 is 11.6 Å². The van der Waals surface area contributed by atoms with Crippen LogP contribution in [0.15, 0.2) is 18.2 Å². The third kappa shape index (κ3) is 4.39. The Morgan fingerprint density at radius 3 is 2.88 bits per heavy atom. The number of nitrogens with two attached hydrogens (primary N) is 1.